The van der Waals surface area contributed by atoms with Gasteiger partial charge in [-0.25, -0.2) is 0 Å². The Kier molecular flexibility index (Phi) is 4.77. The van der Waals surface area contributed by atoms with Gasteiger partial charge in [0.2, 0.25) is 5.91 Å². The number of carbonyl (C=O) groups is 2. The third kappa shape index (κ3) is 3.59. The van der Waals surface area contributed by atoms with Crippen molar-refractivity contribution in [2.24, 2.45) is 11.8 Å². The van der Waals surface area contributed by atoms with E-state index >= 15 is 0 Å². The van der Waals surface area contributed by atoms with Crippen molar-refractivity contribution >= 4 is 11.9 Å². The highest BCUT2D eigenvalue weighted by atomic mass is 16.4. The van der Waals surface area contributed by atoms with Gasteiger partial charge in [-0.2, -0.15) is 0 Å². The minimum absolute atomic E-state index is 0.0138. The SMILES string of the molecule is CC(Cc1ccccc1)NC(=O)[C@@H]1CCC[C@@H]1C(=O)O. The van der Waals surface area contributed by atoms with Crippen molar-refractivity contribution in [1.82, 2.24) is 5.32 Å². The summed E-state index contributed by atoms with van der Waals surface area (Å²) in [5.74, 6) is -1.85. The van der Waals surface area contributed by atoms with Crippen LogP contribution in [0.4, 0.5) is 0 Å². The van der Waals surface area contributed by atoms with Gasteiger partial charge in [-0.3, -0.25) is 9.59 Å². The molecule has 2 N–H and O–H groups in total. The largest absolute Gasteiger partial charge is 0.481 e. The first-order chi connectivity index (χ1) is 9.58. The van der Waals surface area contributed by atoms with Crippen molar-refractivity contribution in [3.63, 3.8) is 0 Å². The monoisotopic (exact) mass is 275 g/mol. The predicted molar refractivity (Wildman–Crippen MR) is 76.2 cm³/mol. The van der Waals surface area contributed by atoms with Crippen molar-refractivity contribution in [3.8, 4) is 0 Å². The molecule has 0 spiro atoms. The lowest BCUT2D eigenvalue weighted by Crippen LogP contribution is -2.40. The second-order valence-corrected chi connectivity index (χ2v) is 5.58. The van der Waals surface area contributed by atoms with E-state index in [4.69, 9.17) is 5.11 Å². The Labute approximate surface area is 119 Å². The molecule has 4 heteroatoms. The zero-order chi connectivity index (χ0) is 14.5. The van der Waals surface area contributed by atoms with Crippen molar-refractivity contribution in [2.75, 3.05) is 0 Å². The molecular weight excluding hydrogens is 254 g/mol. The van der Waals surface area contributed by atoms with E-state index < -0.39 is 11.9 Å². The average molecular weight is 275 g/mol. The topological polar surface area (TPSA) is 66.4 Å². The van der Waals surface area contributed by atoms with Crippen LogP contribution in [0, 0.1) is 11.8 Å². The molecule has 0 aromatic heterocycles. The number of amides is 1. The van der Waals surface area contributed by atoms with E-state index in [9.17, 15) is 9.59 Å². The molecule has 1 aliphatic carbocycles. The van der Waals surface area contributed by atoms with E-state index in [1.54, 1.807) is 0 Å². The highest BCUT2D eigenvalue weighted by Gasteiger charge is 2.37. The first-order valence-electron chi connectivity index (χ1n) is 7.15. The van der Waals surface area contributed by atoms with Gasteiger partial charge in [0.15, 0.2) is 0 Å². The molecule has 0 heterocycles. The Morgan fingerprint density at radius 1 is 1.25 bits per heavy atom. The number of rotatable bonds is 5. The summed E-state index contributed by atoms with van der Waals surface area (Å²) in [6.07, 6.45) is 2.88. The minimum atomic E-state index is -0.849. The van der Waals surface area contributed by atoms with E-state index in [1.807, 2.05) is 37.3 Å². The van der Waals surface area contributed by atoms with Gasteiger partial charge in [-0.15, -0.1) is 0 Å². The van der Waals surface area contributed by atoms with Gasteiger partial charge in [-0.1, -0.05) is 36.8 Å². The normalized spacial score (nSPS) is 23.2. The molecule has 108 valence electrons. The van der Waals surface area contributed by atoms with Crippen LogP contribution in [-0.4, -0.2) is 23.0 Å². The number of carboxylic acid groups (broad SMARTS) is 1. The summed E-state index contributed by atoms with van der Waals surface area (Å²) in [4.78, 5) is 23.3. The van der Waals surface area contributed by atoms with Gasteiger partial charge >= 0.3 is 5.97 Å². The average Bonchev–Trinajstić information content (AvgIpc) is 2.89. The maximum Gasteiger partial charge on any atom is 0.307 e. The van der Waals surface area contributed by atoms with Crippen molar-refractivity contribution < 1.29 is 14.7 Å². The number of nitrogens with one attached hydrogen (secondary N) is 1. The maximum absolute atomic E-state index is 12.2. The molecule has 4 nitrogen and oxygen atoms in total. The Bertz CT molecular complexity index is 472. The number of carboxylic acids is 1. The summed E-state index contributed by atoms with van der Waals surface area (Å²) < 4.78 is 0. The van der Waals surface area contributed by atoms with Crippen LogP contribution >= 0.6 is 0 Å². The van der Waals surface area contributed by atoms with Gasteiger partial charge in [0, 0.05) is 6.04 Å². The van der Waals surface area contributed by atoms with E-state index in [1.165, 1.54) is 5.56 Å². The first-order valence-corrected chi connectivity index (χ1v) is 7.15. The molecule has 2 rings (SSSR count). The third-order valence-corrected chi connectivity index (χ3v) is 3.94. The maximum atomic E-state index is 12.2. The zero-order valence-electron chi connectivity index (χ0n) is 11.7. The highest BCUT2D eigenvalue weighted by Crippen LogP contribution is 2.32. The second kappa shape index (κ2) is 6.55. The van der Waals surface area contributed by atoms with Crippen molar-refractivity contribution in [2.45, 2.75) is 38.6 Å². The number of hydrogen-bond acceptors (Lipinski definition) is 2. The van der Waals surface area contributed by atoms with Crippen LogP contribution in [0.2, 0.25) is 0 Å². The summed E-state index contributed by atoms with van der Waals surface area (Å²) in [5, 5.41) is 12.1. The van der Waals surface area contributed by atoms with Crippen LogP contribution in [0.25, 0.3) is 0 Å². The van der Waals surface area contributed by atoms with Gasteiger partial charge < -0.3 is 10.4 Å². The molecule has 0 bridgehead atoms. The first kappa shape index (κ1) is 14.6. The molecule has 1 aromatic rings. The Morgan fingerprint density at radius 3 is 2.55 bits per heavy atom. The third-order valence-electron chi connectivity index (χ3n) is 3.94. The fourth-order valence-electron chi connectivity index (χ4n) is 2.94. The molecule has 1 unspecified atom stereocenters. The molecule has 1 amide bonds. The highest BCUT2D eigenvalue weighted by molar-refractivity contribution is 5.85. The Balaban J connectivity index is 1.89. The molecule has 0 radical (unpaired) electrons. The van der Waals surface area contributed by atoms with E-state index in [0.717, 1.165) is 12.8 Å². The molecule has 1 saturated carbocycles. The van der Waals surface area contributed by atoms with E-state index in [2.05, 4.69) is 5.32 Å². The summed E-state index contributed by atoms with van der Waals surface area (Å²) >= 11 is 0. The van der Waals surface area contributed by atoms with Gasteiger partial charge in [0.25, 0.3) is 0 Å². The molecular formula is C16H21NO3. The number of hydrogen-bond donors (Lipinski definition) is 2. The summed E-state index contributed by atoms with van der Waals surface area (Å²) in [7, 11) is 0. The van der Waals surface area contributed by atoms with Gasteiger partial charge in [-0.05, 0) is 31.7 Å². The number of aliphatic carboxylic acids is 1. The zero-order valence-corrected chi connectivity index (χ0v) is 11.7. The quantitative estimate of drug-likeness (QED) is 0.866. The van der Waals surface area contributed by atoms with Crippen LogP contribution in [0.5, 0.6) is 0 Å². The van der Waals surface area contributed by atoms with Crippen LogP contribution in [-0.2, 0) is 16.0 Å². The van der Waals surface area contributed by atoms with Gasteiger partial charge in [0.05, 0.1) is 11.8 Å². The Hall–Kier alpha value is -1.84. The summed E-state index contributed by atoms with van der Waals surface area (Å²) in [6.45, 7) is 1.95. The fraction of sp³-hybridized carbons (Fsp3) is 0.500. The van der Waals surface area contributed by atoms with Crippen LogP contribution in [0.1, 0.15) is 31.7 Å². The second-order valence-electron chi connectivity index (χ2n) is 5.58. The lowest BCUT2D eigenvalue weighted by Gasteiger charge is -2.19. The summed E-state index contributed by atoms with van der Waals surface area (Å²) in [6, 6.07) is 9.97. The summed E-state index contributed by atoms with van der Waals surface area (Å²) in [5.41, 5.74) is 1.17. The molecule has 3 atom stereocenters. The van der Waals surface area contributed by atoms with Crippen LogP contribution < -0.4 is 5.32 Å². The molecule has 20 heavy (non-hydrogen) atoms. The van der Waals surface area contributed by atoms with Crippen LogP contribution in [0.3, 0.4) is 0 Å². The molecule has 1 aliphatic rings. The van der Waals surface area contributed by atoms with E-state index in [-0.39, 0.29) is 17.9 Å². The Morgan fingerprint density at radius 2 is 1.90 bits per heavy atom. The van der Waals surface area contributed by atoms with Gasteiger partial charge in [0.1, 0.15) is 0 Å². The predicted octanol–water partition coefficient (Wildman–Crippen LogP) is 2.23. The van der Waals surface area contributed by atoms with Crippen LogP contribution in [0.15, 0.2) is 30.3 Å². The van der Waals surface area contributed by atoms with Crippen molar-refractivity contribution in [3.05, 3.63) is 35.9 Å². The van der Waals surface area contributed by atoms with Crippen molar-refractivity contribution in [1.29, 1.82) is 0 Å². The molecule has 1 aromatic carbocycles. The molecule has 1 fully saturated rings. The number of carbonyl (C=O) groups excluding carboxylic acids is 1. The molecule has 0 aliphatic heterocycles. The standard InChI is InChI=1S/C16H21NO3/c1-11(10-12-6-3-2-4-7-12)17-15(18)13-8-5-9-14(13)16(19)20/h2-4,6-7,11,13-14H,5,8-10H2,1H3,(H,17,18)(H,19,20)/t11?,13-,14+/m1/s1. The lowest BCUT2D eigenvalue weighted by atomic mass is 9.95. The van der Waals surface area contributed by atoms with E-state index in [0.29, 0.717) is 12.8 Å². The smallest absolute Gasteiger partial charge is 0.307 e. The lowest BCUT2D eigenvalue weighted by molar-refractivity contribution is -0.146. The minimum Gasteiger partial charge on any atom is -0.481 e. The fourth-order valence-corrected chi connectivity index (χ4v) is 2.94. The number of benzene rings is 1. The molecule has 0 saturated heterocycles.